The van der Waals surface area contributed by atoms with E-state index >= 15 is 0 Å². The molecule has 400 valence electrons. The Bertz CT molecular complexity index is 1420. The van der Waals surface area contributed by atoms with Crippen LogP contribution in [0.25, 0.3) is 0 Å². The van der Waals surface area contributed by atoms with E-state index in [9.17, 15) is 19.0 Å². The molecule has 1 amide bonds. The van der Waals surface area contributed by atoms with Crippen LogP contribution in [-0.4, -0.2) is 69.4 Å². The summed E-state index contributed by atoms with van der Waals surface area (Å²) in [5.41, 5.74) is 0. The van der Waals surface area contributed by atoms with Crippen molar-refractivity contribution in [1.29, 1.82) is 0 Å². The zero-order valence-corrected chi connectivity index (χ0v) is 46.4. The van der Waals surface area contributed by atoms with Crippen molar-refractivity contribution in [1.82, 2.24) is 5.32 Å². The minimum Gasteiger partial charge on any atom is -0.756 e. The van der Waals surface area contributed by atoms with E-state index in [1.54, 1.807) is 6.08 Å². The average Bonchev–Trinajstić information content (AvgIpc) is 3.31. The molecule has 69 heavy (non-hydrogen) atoms. The van der Waals surface area contributed by atoms with Crippen LogP contribution < -0.4 is 10.2 Å². The maximum absolute atomic E-state index is 13.5. The van der Waals surface area contributed by atoms with Crippen LogP contribution in [-0.2, 0) is 27.9 Å². The van der Waals surface area contributed by atoms with Gasteiger partial charge in [0.1, 0.15) is 19.3 Å². The van der Waals surface area contributed by atoms with Crippen molar-refractivity contribution >= 4 is 19.7 Å². The Kier molecular flexibility index (Phi) is 47.2. The van der Waals surface area contributed by atoms with E-state index in [2.05, 4.69) is 80.8 Å². The van der Waals surface area contributed by atoms with Crippen LogP contribution in [0.3, 0.4) is 0 Å². The third-order valence-corrected chi connectivity index (χ3v) is 13.1. The molecule has 0 fully saturated rings. The van der Waals surface area contributed by atoms with Gasteiger partial charge in [-0.3, -0.25) is 14.2 Å². The van der Waals surface area contributed by atoms with Crippen LogP contribution in [0.15, 0.2) is 72.9 Å². The first-order valence-corrected chi connectivity index (χ1v) is 29.7. The number of ether oxygens (including phenoxy) is 1. The molecule has 10 heteroatoms. The molecule has 0 bridgehead atoms. The number of esters is 1. The number of carbonyl (C=O) groups excluding carboxylic acids is 2. The molecule has 1 N–H and O–H groups in total. The van der Waals surface area contributed by atoms with Crippen molar-refractivity contribution in [2.45, 2.75) is 251 Å². The highest BCUT2D eigenvalue weighted by molar-refractivity contribution is 7.45. The first kappa shape index (κ1) is 66.5. The molecule has 0 aromatic carbocycles. The standard InChI is InChI=1S/C59H107N2O7P/c1-7-10-13-16-19-22-25-28-29-30-31-34-36-39-42-45-48-51-58(62)60-56(55-67-69(64,65)66-54-53-61(4,5)6)57(50-47-44-41-38-35-32-26-23-20-17-14-11-8-2)68-59(63)52-49-46-43-40-37-33-27-24-21-18-15-12-9-3/h19,22,28-29,31,33-34,37,43,46-47,50,56-57H,7-18,20-21,23-27,30,32,35-36,38-42,44-45,48-49,51-55H2,1-6H3,(H-,60,62,64,65)/b22-19-,29-28-,34-31-,37-33-,46-43+,50-47-. The lowest BCUT2D eigenvalue weighted by Gasteiger charge is -2.30. The summed E-state index contributed by atoms with van der Waals surface area (Å²) in [4.78, 5) is 39.8. The van der Waals surface area contributed by atoms with Gasteiger partial charge in [-0.25, -0.2) is 0 Å². The number of nitrogens with one attached hydrogen (secondary N) is 1. The van der Waals surface area contributed by atoms with E-state index < -0.39 is 32.5 Å². The number of phosphoric acid groups is 1. The smallest absolute Gasteiger partial charge is 0.306 e. The lowest BCUT2D eigenvalue weighted by molar-refractivity contribution is -0.870. The molecule has 0 heterocycles. The van der Waals surface area contributed by atoms with E-state index in [1.165, 1.54) is 122 Å². The second kappa shape index (κ2) is 49.0. The van der Waals surface area contributed by atoms with Crippen LogP contribution in [0.4, 0.5) is 0 Å². The predicted molar refractivity (Wildman–Crippen MR) is 293 cm³/mol. The highest BCUT2D eigenvalue weighted by atomic mass is 31.2. The van der Waals surface area contributed by atoms with Crippen LogP contribution in [0.5, 0.6) is 0 Å². The minimum atomic E-state index is -4.71. The fraction of sp³-hybridized carbons (Fsp3) is 0.763. The Balaban J connectivity index is 5.50. The highest BCUT2D eigenvalue weighted by Gasteiger charge is 2.27. The molecule has 3 unspecified atom stereocenters. The maximum Gasteiger partial charge on any atom is 0.306 e. The minimum absolute atomic E-state index is 0.0367. The van der Waals surface area contributed by atoms with Gasteiger partial charge in [0.25, 0.3) is 7.82 Å². The number of carbonyl (C=O) groups is 2. The number of likely N-dealkylation sites (N-methyl/N-ethyl adjacent to an activating group) is 1. The van der Waals surface area contributed by atoms with Gasteiger partial charge in [0.2, 0.25) is 5.91 Å². The summed E-state index contributed by atoms with van der Waals surface area (Å²) in [6, 6.07) is -0.923. The molecule has 0 spiro atoms. The SMILES string of the molecule is CCCCC/C=C\C/C=C\C/C=C\CCCCCCC(=O)NC(COP(=O)([O-])OCC[N+](C)(C)C)C(/C=C\CCCCCCCCCCCCC)OC(=O)CC/C=C/C/C=C\CCCCCCCC. The number of phosphoric ester groups is 1. The molecule has 0 radical (unpaired) electrons. The van der Waals surface area contributed by atoms with Gasteiger partial charge in [0.15, 0.2) is 0 Å². The van der Waals surface area contributed by atoms with Crippen molar-refractivity contribution in [2.75, 3.05) is 40.9 Å². The van der Waals surface area contributed by atoms with Gasteiger partial charge in [-0.2, -0.15) is 0 Å². The van der Waals surface area contributed by atoms with Gasteiger partial charge in [0.05, 0.1) is 33.8 Å². The van der Waals surface area contributed by atoms with Crippen molar-refractivity contribution in [3.8, 4) is 0 Å². The normalized spacial score (nSPS) is 14.4. The van der Waals surface area contributed by atoms with Crippen LogP contribution in [0.2, 0.25) is 0 Å². The number of amides is 1. The number of hydrogen-bond donors (Lipinski definition) is 1. The maximum atomic E-state index is 13.5. The number of unbranched alkanes of at least 4 members (excludes halogenated alkanes) is 24. The quantitative estimate of drug-likeness (QED) is 0.0212. The molecule has 0 aliphatic rings. The van der Waals surface area contributed by atoms with Gasteiger partial charge in [-0.05, 0) is 89.5 Å². The number of nitrogens with zero attached hydrogens (tertiary/aromatic N) is 1. The molecular weight excluding hydrogens is 880 g/mol. The molecule has 0 aliphatic carbocycles. The second-order valence-electron chi connectivity index (χ2n) is 20.1. The van der Waals surface area contributed by atoms with E-state index in [-0.39, 0.29) is 25.4 Å². The second-order valence-corrected chi connectivity index (χ2v) is 21.5. The molecular formula is C59H107N2O7P. The van der Waals surface area contributed by atoms with Crippen molar-refractivity contribution in [3.05, 3.63) is 72.9 Å². The first-order chi connectivity index (χ1) is 33.4. The molecule has 0 saturated heterocycles. The van der Waals surface area contributed by atoms with E-state index in [0.29, 0.717) is 23.9 Å². The topological polar surface area (TPSA) is 114 Å². The van der Waals surface area contributed by atoms with Crippen LogP contribution in [0, 0.1) is 0 Å². The summed E-state index contributed by atoms with van der Waals surface area (Å²) in [5, 5.41) is 2.99. The number of allylic oxidation sites excluding steroid dienone is 11. The molecule has 0 aromatic heterocycles. The van der Waals surface area contributed by atoms with E-state index in [0.717, 1.165) is 70.6 Å². The molecule has 0 rings (SSSR count). The highest BCUT2D eigenvalue weighted by Crippen LogP contribution is 2.38. The van der Waals surface area contributed by atoms with Gasteiger partial charge < -0.3 is 28.5 Å². The van der Waals surface area contributed by atoms with Crippen molar-refractivity contribution in [2.24, 2.45) is 0 Å². The lowest BCUT2D eigenvalue weighted by Crippen LogP contribution is -2.47. The molecule has 0 aliphatic heterocycles. The molecule has 3 atom stereocenters. The van der Waals surface area contributed by atoms with Crippen molar-refractivity contribution in [3.63, 3.8) is 0 Å². The summed E-state index contributed by atoms with van der Waals surface area (Å²) in [6.07, 6.45) is 61.6. The third kappa shape index (κ3) is 50.2. The molecule has 9 nitrogen and oxygen atoms in total. The third-order valence-electron chi connectivity index (χ3n) is 12.1. The summed E-state index contributed by atoms with van der Waals surface area (Å²) in [5.74, 6) is -0.646. The Morgan fingerprint density at radius 2 is 0.899 bits per heavy atom. The zero-order valence-electron chi connectivity index (χ0n) is 45.5. The predicted octanol–water partition coefficient (Wildman–Crippen LogP) is 16.3. The monoisotopic (exact) mass is 987 g/mol. The van der Waals surface area contributed by atoms with Gasteiger partial charge in [-0.1, -0.05) is 210 Å². The Morgan fingerprint density at radius 3 is 1.38 bits per heavy atom. The summed E-state index contributed by atoms with van der Waals surface area (Å²) < 4.78 is 30.1. The van der Waals surface area contributed by atoms with Crippen molar-refractivity contribution < 1.29 is 37.3 Å². The Labute approximate surface area is 425 Å². The average molecular weight is 987 g/mol. The van der Waals surface area contributed by atoms with Gasteiger partial charge in [-0.15, -0.1) is 0 Å². The lowest BCUT2D eigenvalue weighted by atomic mass is 10.0. The summed E-state index contributed by atoms with van der Waals surface area (Å²) in [6.45, 7) is 6.74. The number of rotatable bonds is 50. The van der Waals surface area contributed by atoms with Crippen LogP contribution >= 0.6 is 7.82 Å². The summed E-state index contributed by atoms with van der Waals surface area (Å²) >= 11 is 0. The van der Waals surface area contributed by atoms with Gasteiger partial charge >= 0.3 is 5.97 Å². The number of quaternary nitrogens is 1. The fourth-order valence-corrected chi connectivity index (χ4v) is 8.42. The van der Waals surface area contributed by atoms with Crippen LogP contribution in [0.1, 0.15) is 239 Å². The van der Waals surface area contributed by atoms with E-state index in [4.69, 9.17) is 13.8 Å². The zero-order chi connectivity index (χ0) is 50.8. The van der Waals surface area contributed by atoms with Gasteiger partial charge in [0, 0.05) is 12.8 Å². The fourth-order valence-electron chi connectivity index (χ4n) is 7.70. The molecule has 0 aromatic rings. The molecule has 0 saturated carbocycles. The van der Waals surface area contributed by atoms with E-state index in [1.807, 2.05) is 33.3 Å². The Morgan fingerprint density at radius 1 is 0.507 bits per heavy atom. The number of hydrogen-bond acceptors (Lipinski definition) is 7. The Hall–Kier alpha value is -2.55. The largest absolute Gasteiger partial charge is 0.756 e. The summed E-state index contributed by atoms with van der Waals surface area (Å²) in [7, 11) is 1.14. The first-order valence-electron chi connectivity index (χ1n) is 28.2.